The lowest BCUT2D eigenvalue weighted by Gasteiger charge is -2.36. The Hall–Kier alpha value is -1.39. The van der Waals surface area contributed by atoms with Crippen LogP contribution in [0.4, 0.5) is 0 Å². The number of carbonyl (C=O) groups excluding carboxylic acids is 1. The zero-order valence-corrected chi connectivity index (χ0v) is 15.6. The largest absolute Gasteiger partial charge is 0.394 e. The van der Waals surface area contributed by atoms with Crippen molar-refractivity contribution in [2.75, 3.05) is 6.61 Å². The number of amides is 1. The van der Waals surface area contributed by atoms with Crippen LogP contribution in [0, 0.1) is 17.8 Å². The summed E-state index contributed by atoms with van der Waals surface area (Å²) in [6.07, 6.45) is 10.1. The van der Waals surface area contributed by atoms with Gasteiger partial charge in [-0.05, 0) is 30.2 Å². The molecule has 26 heavy (non-hydrogen) atoms. The van der Waals surface area contributed by atoms with E-state index in [0.717, 1.165) is 30.7 Å². The highest BCUT2D eigenvalue weighted by molar-refractivity contribution is 5.79. The van der Waals surface area contributed by atoms with Crippen molar-refractivity contribution in [2.45, 2.75) is 69.9 Å². The quantitative estimate of drug-likeness (QED) is 0.727. The molecule has 2 saturated carbocycles. The second-order valence-electron chi connectivity index (χ2n) is 8.17. The van der Waals surface area contributed by atoms with E-state index < -0.39 is 12.1 Å². The Morgan fingerprint density at radius 2 is 1.69 bits per heavy atom. The number of hydrogen-bond donors (Lipinski definition) is 3. The van der Waals surface area contributed by atoms with Crippen LogP contribution in [0.2, 0.25) is 0 Å². The number of aliphatic hydroxyl groups excluding tert-OH is 2. The summed E-state index contributed by atoms with van der Waals surface area (Å²) in [6.45, 7) is -0.263. The molecule has 1 aromatic rings. The molecular weight excluding hydrogens is 326 g/mol. The van der Waals surface area contributed by atoms with E-state index in [9.17, 15) is 15.0 Å². The summed E-state index contributed by atoms with van der Waals surface area (Å²) in [7, 11) is 0. The van der Waals surface area contributed by atoms with E-state index in [2.05, 4.69) is 5.32 Å². The molecule has 4 atom stereocenters. The summed E-state index contributed by atoms with van der Waals surface area (Å²) >= 11 is 0. The van der Waals surface area contributed by atoms with Gasteiger partial charge in [-0.3, -0.25) is 4.79 Å². The fraction of sp³-hybridized carbons (Fsp3) is 0.682. The van der Waals surface area contributed by atoms with Crippen LogP contribution in [0.25, 0.3) is 0 Å². The van der Waals surface area contributed by atoms with Crippen molar-refractivity contribution in [1.29, 1.82) is 0 Å². The molecule has 4 heteroatoms. The predicted octanol–water partition coefficient (Wildman–Crippen LogP) is 3.58. The summed E-state index contributed by atoms with van der Waals surface area (Å²) in [6, 6.07) is 8.57. The van der Waals surface area contributed by atoms with Gasteiger partial charge in [-0.25, -0.2) is 0 Å². The van der Waals surface area contributed by atoms with Gasteiger partial charge in [-0.2, -0.15) is 0 Å². The number of rotatable bonds is 6. The molecule has 0 spiro atoms. The lowest BCUT2D eigenvalue weighted by molar-refractivity contribution is -0.129. The van der Waals surface area contributed by atoms with Crippen molar-refractivity contribution in [2.24, 2.45) is 17.8 Å². The van der Waals surface area contributed by atoms with E-state index >= 15 is 0 Å². The molecule has 1 amide bonds. The first-order chi connectivity index (χ1) is 12.7. The lowest BCUT2D eigenvalue weighted by atomic mass is 9.70. The van der Waals surface area contributed by atoms with Gasteiger partial charge in [-0.15, -0.1) is 0 Å². The summed E-state index contributed by atoms with van der Waals surface area (Å²) in [5.41, 5.74) is 0.718. The van der Waals surface area contributed by atoms with Gasteiger partial charge in [0.05, 0.1) is 12.6 Å². The van der Waals surface area contributed by atoms with Gasteiger partial charge in [0.25, 0.3) is 0 Å². The molecule has 2 aliphatic carbocycles. The van der Waals surface area contributed by atoms with Crippen LogP contribution in [0.15, 0.2) is 30.3 Å². The fourth-order valence-corrected chi connectivity index (χ4v) is 4.91. The van der Waals surface area contributed by atoms with E-state index in [4.69, 9.17) is 0 Å². The first-order valence-corrected chi connectivity index (χ1v) is 10.3. The maximum Gasteiger partial charge on any atom is 0.223 e. The molecule has 3 rings (SSSR count). The Balaban J connectivity index is 1.57. The Kier molecular flexibility index (Phi) is 7.09. The third-order valence-electron chi connectivity index (χ3n) is 6.45. The van der Waals surface area contributed by atoms with Crippen LogP contribution in [-0.4, -0.2) is 28.8 Å². The monoisotopic (exact) mass is 359 g/mol. The first kappa shape index (κ1) is 19.4. The number of nitrogens with one attached hydrogen (secondary N) is 1. The summed E-state index contributed by atoms with van der Waals surface area (Å²) in [5, 5.41) is 23.1. The molecule has 0 unspecified atom stereocenters. The number of hydrogen-bond acceptors (Lipinski definition) is 3. The zero-order chi connectivity index (χ0) is 18.4. The molecular formula is C22H33NO3. The van der Waals surface area contributed by atoms with Gasteiger partial charge in [0.2, 0.25) is 5.91 Å². The van der Waals surface area contributed by atoms with Crippen LogP contribution in [0.3, 0.4) is 0 Å². The van der Waals surface area contributed by atoms with Gasteiger partial charge >= 0.3 is 0 Å². The van der Waals surface area contributed by atoms with Crippen LogP contribution in [0.1, 0.15) is 69.5 Å². The van der Waals surface area contributed by atoms with Crippen LogP contribution < -0.4 is 5.32 Å². The number of aliphatic hydroxyl groups is 2. The van der Waals surface area contributed by atoms with E-state index in [1.165, 1.54) is 38.5 Å². The summed E-state index contributed by atoms with van der Waals surface area (Å²) in [4.78, 5) is 12.8. The highest BCUT2D eigenvalue weighted by Crippen LogP contribution is 2.40. The number of benzene rings is 1. The van der Waals surface area contributed by atoms with E-state index in [0.29, 0.717) is 5.92 Å². The van der Waals surface area contributed by atoms with Gasteiger partial charge in [0.1, 0.15) is 6.10 Å². The Bertz CT molecular complexity index is 556. The van der Waals surface area contributed by atoms with E-state index in [-0.39, 0.29) is 18.4 Å². The van der Waals surface area contributed by atoms with Crippen LogP contribution >= 0.6 is 0 Å². The van der Waals surface area contributed by atoms with Gasteiger partial charge in [0, 0.05) is 5.92 Å². The third-order valence-corrected chi connectivity index (χ3v) is 6.45. The standard InChI is InChI=1S/C22H33NO3/c24-15-20(21(25)17-10-5-2-6-11-17)23-22(26)19-13-7-12-18(14-19)16-8-3-1-4-9-16/h2,5-6,10-11,16,18-21,24-25H,1,3-4,7-9,12-15H2,(H,23,26)/t18-,19+,20+,21+/m1/s1. The normalized spacial score (nSPS) is 26.8. The summed E-state index contributed by atoms with van der Waals surface area (Å²) in [5.74, 6) is 1.49. The van der Waals surface area contributed by atoms with Crippen molar-refractivity contribution < 1.29 is 15.0 Å². The SMILES string of the molecule is O=C(N[C@@H](CO)[C@@H](O)c1ccccc1)[C@H]1CCC[C@@H](C2CCCCC2)C1. The molecule has 144 valence electrons. The maximum absolute atomic E-state index is 12.8. The average molecular weight is 360 g/mol. The van der Waals surface area contributed by atoms with Crippen molar-refractivity contribution in [3.63, 3.8) is 0 Å². The van der Waals surface area contributed by atoms with Crippen molar-refractivity contribution in [3.8, 4) is 0 Å². The smallest absolute Gasteiger partial charge is 0.223 e. The topological polar surface area (TPSA) is 69.6 Å². The average Bonchev–Trinajstić information content (AvgIpc) is 2.72. The van der Waals surface area contributed by atoms with Gasteiger partial charge in [-0.1, -0.05) is 75.3 Å². The Labute approximate surface area is 157 Å². The molecule has 0 aliphatic heterocycles. The van der Waals surface area contributed by atoms with Crippen molar-refractivity contribution in [3.05, 3.63) is 35.9 Å². The molecule has 2 fully saturated rings. The second-order valence-corrected chi connectivity index (χ2v) is 8.17. The van der Waals surface area contributed by atoms with Crippen LogP contribution in [-0.2, 0) is 4.79 Å². The first-order valence-electron chi connectivity index (χ1n) is 10.3. The predicted molar refractivity (Wildman–Crippen MR) is 102 cm³/mol. The van der Waals surface area contributed by atoms with E-state index in [1.54, 1.807) is 0 Å². The molecule has 2 aliphatic rings. The molecule has 0 heterocycles. The molecule has 0 bridgehead atoms. The molecule has 0 radical (unpaired) electrons. The van der Waals surface area contributed by atoms with Crippen molar-refractivity contribution in [1.82, 2.24) is 5.32 Å². The number of carbonyl (C=O) groups is 1. The molecule has 1 aromatic carbocycles. The highest BCUT2D eigenvalue weighted by Gasteiger charge is 2.33. The minimum atomic E-state index is -0.886. The Morgan fingerprint density at radius 1 is 1.00 bits per heavy atom. The van der Waals surface area contributed by atoms with Gasteiger partial charge < -0.3 is 15.5 Å². The fourth-order valence-electron chi connectivity index (χ4n) is 4.91. The highest BCUT2D eigenvalue weighted by atomic mass is 16.3. The second kappa shape index (κ2) is 9.52. The minimum Gasteiger partial charge on any atom is -0.394 e. The molecule has 0 saturated heterocycles. The Morgan fingerprint density at radius 3 is 2.38 bits per heavy atom. The van der Waals surface area contributed by atoms with Gasteiger partial charge in [0.15, 0.2) is 0 Å². The molecule has 0 aromatic heterocycles. The maximum atomic E-state index is 12.8. The molecule has 3 N–H and O–H groups in total. The lowest BCUT2D eigenvalue weighted by Crippen LogP contribution is -2.45. The van der Waals surface area contributed by atoms with Crippen molar-refractivity contribution >= 4 is 5.91 Å². The zero-order valence-electron chi connectivity index (χ0n) is 15.6. The molecule has 4 nitrogen and oxygen atoms in total. The summed E-state index contributed by atoms with van der Waals surface area (Å²) < 4.78 is 0. The minimum absolute atomic E-state index is 0.000425. The van der Waals surface area contributed by atoms with Crippen LogP contribution in [0.5, 0.6) is 0 Å². The third kappa shape index (κ3) is 4.86. The van der Waals surface area contributed by atoms with E-state index in [1.807, 2.05) is 30.3 Å².